The summed E-state index contributed by atoms with van der Waals surface area (Å²) in [6, 6.07) is 16.2. The highest BCUT2D eigenvalue weighted by molar-refractivity contribution is 7.92. The summed E-state index contributed by atoms with van der Waals surface area (Å²) in [4.78, 5) is -0.583. The lowest BCUT2D eigenvalue weighted by Gasteiger charge is -2.12. The predicted molar refractivity (Wildman–Crippen MR) is 120 cm³/mol. The molecule has 0 heterocycles. The van der Waals surface area contributed by atoms with E-state index in [1.54, 1.807) is 24.3 Å². The van der Waals surface area contributed by atoms with Crippen molar-refractivity contribution >= 4 is 19.7 Å². The molecule has 164 valence electrons. The summed E-state index contributed by atoms with van der Waals surface area (Å²) in [7, 11) is -8.07. The Labute approximate surface area is 184 Å². The van der Waals surface area contributed by atoms with Gasteiger partial charge in [-0.05, 0) is 65.4 Å². The van der Waals surface area contributed by atoms with Gasteiger partial charge in [0.15, 0.2) is 0 Å². The molecule has 0 unspecified atom stereocenters. The zero-order valence-electron chi connectivity index (χ0n) is 17.9. The summed E-state index contributed by atoms with van der Waals surface area (Å²) < 4.78 is 52.4. The van der Waals surface area contributed by atoms with E-state index in [4.69, 9.17) is 0 Å². The Morgan fingerprint density at radius 3 is 1.39 bits per heavy atom. The molecule has 0 aliphatic heterocycles. The number of phenolic OH excluding ortho intramolecular Hbond substituents is 1. The van der Waals surface area contributed by atoms with Gasteiger partial charge >= 0.3 is 0 Å². The maximum Gasteiger partial charge on any atom is 0.210 e. The lowest BCUT2D eigenvalue weighted by Crippen LogP contribution is -2.07. The molecule has 0 aliphatic carbocycles. The summed E-state index contributed by atoms with van der Waals surface area (Å²) in [5.74, 6) is -0.00740. The Morgan fingerprint density at radius 2 is 0.968 bits per heavy atom. The minimum absolute atomic E-state index is 0.0111. The van der Waals surface area contributed by atoms with Crippen LogP contribution in [0.1, 0.15) is 50.7 Å². The first-order valence-electron chi connectivity index (χ1n) is 9.97. The van der Waals surface area contributed by atoms with Gasteiger partial charge in [0.2, 0.25) is 19.7 Å². The van der Waals surface area contributed by atoms with Gasteiger partial charge in [0.05, 0.1) is 14.7 Å². The van der Waals surface area contributed by atoms with Crippen LogP contribution in [0.5, 0.6) is 5.75 Å². The van der Waals surface area contributed by atoms with Gasteiger partial charge < -0.3 is 5.11 Å². The zero-order valence-corrected chi connectivity index (χ0v) is 19.5. The second-order valence-electron chi connectivity index (χ2n) is 8.08. The molecule has 3 aromatic carbocycles. The van der Waals surface area contributed by atoms with E-state index in [2.05, 4.69) is 0 Å². The van der Waals surface area contributed by atoms with Crippen LogP contribution in [0.15, 0.2) is 86.3 Å². The lowest BCUT2D eigenvalue weighted by atomic mass is 10.0. The molecule has 3 rings (SSSR count). The number of benzene rings is 3. The minimum atomic E-state index is -4.11. The van der Waals surface area contributed by atoms with Crippen LogP contribution in [0.25, 0.3) is 0 Å². The minimum Gasteiger partial charge on any atom is -0.507 e. The van der Waals surface area contributed by atoms with Crippen LogP contribution in [0, 0.1) is 0 Å². The van der Waals surface area contributed by atoms with Gasteiger partial charge in [-0.2, -0.15) is 0 Å². The van der Waals surface area contributed by atoms with E-state index in [-0.39, 0.29) is 26.5 Å². The summed E-state index contributed by atoms with van der Waals surface area (Å²) in [5.41, 5.74) is 1.97. The first-order valence-corrected chi connectivity index (χ1v) is 12.9. The molecule has 0 aliphatic rings. The summed E-state index contributed by atoms with van der Waals surface area (Å²) in [6.45, 7) is 8.01. The van der Waals surface area contributed by atoms with Crippen molar-refractivity contribution in [2.45, 2.75) is 59.1 Å². The van der Waals surface area contributed by atoms with Crippen molar-refractivity contribution in [1.29, 1.82) is 0 Å². The van der Waals surface area contributed by atoms with Crippen molar-refractivity contribution in [3.63, 3.8) is 0 Å². The van der Waals surface area contributed by atoms with E-state index >= 15 is 0 Å². The van der Waals surface area contributed by atoms with Crippen molar-refractivity contribution in [2.75, 3.05) is 0 Å². The lowest BCUT2D eigenvalue weighted by molar-refractivity contribution is 0.458. The largest absolute Gasteiger partial charge is 0.507 e. The number of hydrogen-bond acceptors (Lipinski definition) is 5. The van der Waals surface area contributed by atoms with Crippen molar-refractivity contribution in [3.8, 4) is 5.75 Å². The quantitative estimate of drug-likeness (QED) is 0.541. The number of rotatable bonds is 6. The standard InChI is InChI=1S/C24H26O5S2/c1-16(2)18-5-9-20(10-6-18)30(26,27)22-13-14-23(25)24(15-22)31(28,29)21-11-7-19(8-12-21)17(3)4/h5-17,25H,1-4H3. The molecule has 0 fully saturated rings. The maximum atomic E-state index is 13.1. The average molecular weight is 459 g/mol. The molecular weight excluding hydrogens is 432 g/mol. The topological polar surface area (TPSA) is 88.5 Å². The van der Waals surface area contributed by atoms with Crippen LogP contribution in [-0.2, 0) is 19.7 Å². The second kappa shape index (κ2) is 8.48. The molecule has 3 aromatic rings. The fourth-order valence-electron chi connectivity index (χ4n) is 3.20. The molecule has 31 heavy (non-hydrogen) atoms. The third kappa shape index (κ3) is 4.52. The molecule has 0 amide bonds. The van der Waals surface area contributed by atoms with E-state index in [9.17, 15) is 21.9 Å². The number of hydrogen-bond donors (Lipinski definition) is 1. The molecular formula is C24H26O5S2. The Hall–Kier alpha value is -2.64. The molecule has 0 aromatic heterocycles. The van der Waals surface area contributed by atoms with Crippen LogP contribution in [0.3, 0.4) is 0 Å². The van der Waals surface area contributed by atoms with Crippen molar-refractivity contribution in [2.24, 2.45) is 0 Å². The third-order valence-electron chi connectivity index (χ3n) is 5.25. The number of aromatic hydroxyl groups is 1. The van der Waals surface area contributed by atoms with E-state index in [1.165, 1.54) is 30.3 Å². The molecule has 7 heteroatoms. The Morgan fingerprint density at radius 1 is 0.581 bits per heavy atom. The highest BCUT2D eigenvalue weighted by Crippen LogP contribution is 2.33. The Kier molecular flexibility index (Phi) is 6.30. The van der Waals surface area contributed by atoms with E-state index in [0.717, 1.165) is 23.3 Å². The Bertz CT molecular complexity index is 1290. The molecule has 0 saturated heterocycles. The SMILES string of the molecule is CC(C)c1ccc(S(=O)(=O)c2ccc(O)c(S(=O)(=O)c3ccc(C(C)C)cc3)c2)cc1. The summed E-state index contributed by atoms with van der Waals surface area (Å²) >= 11 is 0. The fraction of sp³-hybridized carbons (Fsp3) is 0.250. The van der Waals surface area contributed by atoms with Crippen LogP contribution >= 0.6 is 0 Å². The first-order chi connectivity index (χ1) is 14.4. The third-order valence-corrected chi connectivity index (χ3v) is 8.81. The van der Waals surface area contributed by atoms with Gasteiger partial charge in [-0.3, -0.25) is 0 Å². The van der Waals surface area contributed by atoms with Crippen molar-refractivity contribution in [3.05, 3.63) is 77.9 Å². The molecule has 0 bridgehead atoms. The fourth-order valence-corrected chi connectivity index (χ4v) is 5.94. The van der Waals surface area contributed by atoms with E-state index in [1.807, 2.05) is 27.7 Å². The molecule has 0 spiro atoms. The zero-order chi connectivity index (χ0) is 23.0. The molecule has 5 nitrogen and oxygen atoms in total. The van der Waals surface area contributed by atoms with E-state index < -0.39 is 30.3 Å². The van der Waals surface area contributed by atoms with Gasteiger partial charge in [-0.25, -0.2) is 16.8 Å². The summed E-state index contributed by atoms with van der Waals surface area (Å²) in [6.07, 6.45) is 0. The van der Waals surface area contributed by atoms with Crippen molar-refractivity contribution < 1.29 is 21.9 Å². The monoisotopic (exact) mass is 458 g/mol. The number of phenols is 1. The molecule has 1 N–H and O–H groups in total. The molecule has 0 saturated carbocycles. The van der Waals surface area contributed by atoms with E-state index in [0.29, 0.717) is 0 Å². The highest BCUT2D eigenvalue weighted by Gasteiger charge is 2.26. The van der Waals surface area contributed by atoms with Crippen LogP contribution in [-0.4, -0.2) is 21.9 Å². The van der Waals surface area contributed by atoms with Gasteiger partial charge in [0.1, 0.15) is 10.6 Å². The number of sulfone groups is 2. The van der Waals surface area contributed by atoms with Crippen LogP contribution in [0.4, 0.5) is 0 Å². The molecule has 0 atom stereocenters. The van der Waals surface area contributed by atoms with Gasteiger partial charge in [0, 0.05) is 0 Å². The smallest absolute Gasteiger partial charge is 0.210 e. The van der Waals surface area contributed by atoms with Crippen LogP contribution in [0.2, 0.25) is 0 Å². The first kappa shape index (κ1) is 23.0. The highest BCUT2D eigenvalue weighted by atomic mass is 32.2. The Balaban J connectivity index is 2.06. The second-order valence-corrected chi connectivity index (χ2v) is 12.0. The maximum absolute atomic E-state index is 13.1. The summed E-state index contributed by atoms with van der Waals surface area (Å²) in [5, 5.41) is 10.2. The van der Waals surface area contributed by atoms with Crippen LogP contribution < -0.4 is 0 Å². The van der Waals surface area contributed by atoms with Gasteiger partial charge in [-0.1, -0.05) is 52.0 Å². The van der Waals surface area contributed by atoms with Crippen molar-refractivity contribution in [1.82, 2.24) is 0 Å². The van der Waals surface area contributed by atoms with Gasteiger partial charge in [0.25, 0.3) is 0 Å². The molecule has 0 radical (unpaired) electrons. The average Bonchev–Trinajstić information content (AvgIpc) is 2.73. The van der Waals surface area contributed by atoms with Gasteiger partial charge in [-0.15, -0.1) is 0 Å². The predicted octanol–water partition coefficient (Wildman–Crippen LogP) is 5.30. The normalized spacial score (nSPS) is 12.5.